The summed E-state index contributed by atoms with van der Waals surface area (Å²) in [6.07, 6.45) is 0.389. The van der Waals surface area contributed by atoms with Gasteiger partial charge in [-0.1, -0.05) is 0 Å². The lowest BCUT2D eigenvalue weighted by molar-refractivity contribution is -0.107. The van der Waals surface area contributed by atoms with E-state index >= 15 is 0 Å². The third kappa shape index (κ3) is 4.11. The summed E-state index contributed by atoms with van der Waals surface area (Å²) in [7, 11) is 0. The van der Waals surface area contributed by atoms with Gasteiger partial charge in [0.05, 0.1) is 12.1 Å². The van der Waals surface area contributed by atoms with Gasteiger partial charge in [-0.25, -0.2) is 0 Å². The van der Waals surface area contributed by atoms with E-state index in [1.165, 1.54) is 0 Å². The SMILES string of the molecule is CC(=O)c1c(C(C)=O)c(C(C)=O)c(C(=O)NCC=O)c(C(C)=O)c1C(C)=O. The molecule has 0 unspecified atom stereocenters. The molecule has 8 nitrogen and oxygen atoms in total. The van der Waals surface area contributed by atoms with Crippen LogP contribution in [0.1, 0.15) is 96.8 Å². The van der Waals surface area contributed by atoms with Crippen LogP contribution >= 0.6 is 0 Å². The number of hydrogen-bond acceptors (Lipinski definition) is 7. The molecule has 8 heteroatoms. The Hall–Kier alpha value is -3.29. The third-order valence-corrected chi connectivity index (χ3v) is 3.83. The maximum absolute atomic E-state index is 12.6. The number of rotatable bonds is 8. The van der Waals surface area contributed by atoms with E-state index in [-0.39, 0.29) is 16.7 Å². The molecule has 0 fully saturated rings. The first-order valence-electron chi connectivity index (χ1n) is 7.97. The van der Waals surface area contributed by atoms with Crippen LogP contribution in [0.3, 0.4) is 0 Å². The van der Waals surface area contributed by atoms with Crippen LogP contribution in [0, 0.1) is 0 Å². The van der Waals surface area contributed by atoms with Crippen LogP contribution in [0.5, 0.6) is 0 Å². The largest absolute Gasteiger partial charge is 0.345 e. The maximum Gasteiger partial charge on any atom is 0.253 e. The van der Waals surface area contributed by atoms with Crippen LogP contribution < -0.4 is 5.32 Å². The van der Waals surface area contributed by atoms with Crippen molar-refractivity contribution < 1.29 is 33.6 Å². The molecule has 0 radical (unpaired) electrons. The average molecular weight is 373 g/mol. The van der Waals surface area contributed by atoms with Gasteiger partial charge in [0.1, 0.15) is 6.29 Å². The predicted molar refractivity (Wildman–Crippen MR) is 94.9 cm³/mol. The van der Waals surface area contributed by atoms with Crippen molar-refractivity contribution in [3.05, 3.63) is 33.4 Å². The lowest BCUT2D eigenvalue weighted by atomic mass is 9.80. The van der Waals surface area contributed by atoms with E-state index < -0.39 is 58.1 Å². The zero-order valence-corrected chi connectivity index (χ0v) is 15.6. The lowest BCUT2D eigenvalue weighted by Crippen LogP contribution is -2.32. The Balaban J connectivity index is 4.37. The molecule has 0 saturated carbocycles. The normalized spacial score (nSPS) is 10.1. The van der Waals surface area contributed by atoms with Gasteiger partial charge in [0.25, 0.3) is 5.91 Å². The topological polar surface area (TPSA) is 132 Å². The Morgan fingerprint density at radius 1 is 0.593 bits per heavy atom. The fourth-order valence-electron chi connectivity index (χ4n) is 2.96. The maximum atomic E-state index is 12.6. The van der Waals surface area contributed by atoms with E-state index in [4.69, 9.17) is 0 Å². The summed E-state index contributed by atoms with van der Waals surface area (Å²) in [5.74, 6) is -4.58. The van der Waals surface area contributed by atoms with Crippen molar-refractivity contribution in [3.63, 3.8) is 0 Å². The van der Waals surface area contributed by atoms with E-state index in [0.717, 1.165) is 34.6 Å². The second kappa shape index (κ2) is 8.39. The Bertz CT molecular complexity index is 856. The molecule has 0 aliphatic carbocycles. The molecule has 0 spiro atoms. The number of ketones is 5. The summed E-state index contributed by atoms with van der Waals surface area (Å²) < 4.78 is 0. The quantitative estimate of drug-likeness (QED) is 0.541. The van der Waals surface area contributed by atoms with Crippen molar-refractivity contribution in [2.45, 2.75) is 34.6 Å². The number of carbonyl (C=O) groups excluding carboxylic acids is 7. The van der Waals surface area contributed by atoms with Gasteiger partial charge in [-0.3, -0.25) is 28.8 Å². The van der Waals surface area contributed by atoms with Gasteiger partial charge < -0.3 is 10.1 Å². The minimum absolute atomic E-state index is 0.364. The molecular weight excluding hydrogens is 354 g/mol. The molecule has 1 aromatic carbocycles. The van der Waals surface area contributed by atoms with Crippen molar-refractivity contribution in [2.24, 2.45) is 0 Å². The van der Waals surface area contributed by atoms with Crippen LogP contribution in [0.25, 0.3) is 0 Å². The van der Waals surface area contributed by atoms with Crippen LogP contribution in [-0.2, 0) is 4.79 Å². The molecular formula is C19H19NO7. The molecule has 1 N–H and O–H groups in total. The highest BCUT2D eigenvalue weighted by molar-refractivity contribution is 6.27. The zero-order chi connectivity index (χ0) is 21.0. The number of aldehydes is 1. The Morgan fingerprint density at radius 3 is 1.07 bits per heavy atom. The Kier molecular flexibility index (Phi) is 6.76. The van der Waals surface area contributed by atoms with Crippen LogP contribution in [-0.4, -0.2) is 47.7 Å². The summed E-state index contributed by atoms with van der Waals surface area (Å²) in [6, 6.07) is 0. The van der Waals surface area contributed by atoms with Crippen LogP contribution in [0.2, 0.25) is 0 Å². The average Bonchev–Trinajstić information content (AvgIpc) is 2.55. The van der Waals surface area contributed by atoms with E-state index in [0.29, 0.717) is 6.29 Å². The molecule has 0 heterocycles. The molecule has 0 aliphatic rings. The molecule has 0 bridgehead atoms. The molecule has 0 aromatic heterocycles. The minimum Gasteiger partial charge on any atom is -0.345 e. The van der Waals surface area contributed by atoms with Crippen LogP contribution in [0.4, 0.5) is 0 Å². The number of Topliss-reactive ketones (excluding diaryl/α,β-unsaturated/α-hetero) is 5. The van der Waals surface area contributed by atoms with Crippen molar-refractivity contribution >= 4 is 41.1 Å². The first-order valence-corrected chi connectivity index (χ1v) is 7.97. The van der Waals surface area contributed by atoms with E-state index in [9.17, 15) is 33.6 Å². The number of nitrogens with one attached hydrogen (secondary N) is 1. The first kappa shape index (κ1) is 21.8. The lowest BCUT2D eigenvalue weighted by Gasteiger charge is -2.21. The highest BCUT2D eigenvalue weighted by atomic mass is 16.2. The zero-order valence-electron chi connectivity index (χ0n) is 15.6. The molecule has 0 saturated heterocycles. The van der Waals surface area contributed by atoms with E-state index in [1.54, 1.807) is 0 Å². The summed E-state index contributed by atoms with van der Waals surface area (Å²) >= 11 is 0. The molecule has 27 heavy (non-hydrogen) atoms. The molecule has 142 valence electrons. The molecule has 0 atom stereocenters. The minimum atomic E-state index is -0.974. The molecule has 1 amide bonds. The fourth-order valence-corrected chi connectivity index (χ4v) is 2.96. The predicted octanol–water partition coefficient (Wildman–Crippen LogP) is 1.63. The highest BCUT2D eigenvalue weighted by Gasteiger charge is 2.35. The molecule has 0 aliphatic heterocycles. The van der Waals surface area contributed by atoms with Gasteiger partial charge >= 0.3 is 0 Å². The van der Waals surface area contributed by atoms with Crippen molar-refractivity contribution in [3.8, 4) is 0 Å². The van der Waals surface area contributed by atoms with Crippen molar-refractivity contribution in [2.75, 3.05) is 6.54 Å². The van der Waals surface area contributed by atoms with Crippen molar-refractivity contribution in [1.82, 2.24) is 5.32 Å². The number of carbonyl (C=O) groups is 7. The Labute approximate surface area is 155 Å². The number of benzene rings is 1. The highest BCUT2D eigenvalue weighted by Crippen LogP contribution is 2.31. The summed E-state index contributed by atoms with van der Waals surface area (Å²) in [4.78, 5) is 84.5. The van der Waals surface area contributed by atoms with Crippen LogP contribution in [0.15, 0.2) is 0 Å². The monoisotopic (exact) mass is 373 g/mol. The number of amides is 1. The summed E-state index contributed by atoms with van der Waals surface area (Å²) in [6.45, 7) is 4.98. The molecule has 1 rings (SSSR count). The summed E-state index contributed by atoms with van der Waals surface area (Å²) in [5.41, 5.74) is -2.48. The van der Waals surface area contributed by atoms with Gasteiger partial charge in [-0.2, -0.15) is 0 Å². The third-order valence-electron chi connectivity index (χ3n) is 3.83. The van der Waals surface area contributed by atoms with E-state index in [2.05, 4.69) is 5.32 Å². The van der Waals surface area contributed by atoms with Crippen molar-refractivity contribution in [1.29, 1.82) is 0 Å². The number of hydrogen-bond donors (Lipinski definition) is 1. The van der Waals surface area contributed by atoms with Gasteiger partial charge in [0.15, 0.2) is 28.9 Å². The van der Waals surface area contributed by atoms with Gasteiger partial charge in [-0.05, 0) is 34.6 Å². The first-order chi connectivity index (χ1) is 12.5. The van der Waals surface area contributed by atoms with Gasteiger partial charge in [-0.15, -0.1) is 0 Å². The second-order valence-corrected chi connectivity index (χ2v) is 5.91. The van der Waals surface area contributed by atoms with Gasteiger partial charge in [0.2, 0.25) is 0 Å². The van der Waals surface area contributed by atoms with E-state index in [1.807, 2.05) is 0 Å². The smallest absolute Gasteiger partial charge is 0.253 e. The second-order valence-electron chi connectivity index (χ2n) is 5.91. The fraction of sp³-hybridized carbons (Fsp3) is 0.316. The Morgan fingerprint density at radius 2 is 0.852 bits per heavy atom. The van der Waals surface area contributed by atoms with Gasteiger partial charge in [0, 0.05) is 27.8 Å². The standard InChI is InChI=1S/C19H19NO7/c1-8(22)13-14(9(2)23)16(11(4)25)18(19(27)20-6-7-21)17(12(5)26)15(13)10(3)24/h7H,6H2,1-5H3,(H,20,27). The summed E-state index contributed by atoms with van der Waals surface area (Å²) in [5, 5.41) is 2.20. The molecule has 1 aromatic rings.